The molecule has 0 bridgehead atoms. The van der Waals surface area contributed by atoms with Crippen LogP contribution in [-0.2, 0) is 26.2 Å². The predicted molar refractivity (Wildman–Crippen MR) is 114 cm³/mol. The molecular formula is C20H22BrN3O4S. The number of hydrogen-bond donors (Lipinski definition) is 2. The quantitative estimate of drug-likeness (QED) is 0.644. The highest BCUT2D eigenvalue weighted by atomic mass is 79.9. The molecule has 3 rings (SSSR count). The van der Waals surface area contributed by atoms with E-state index in [9.17, 15) is 18.0 Å². The van der Waals surface area contributed by atoms with Gasteiger partial charge in [-0.15, -0.1) is 0 Å². The normalized spacial score (nSPS) is 14.9. The number of nitrogens with zero attached hydrogens (tertiary/aromatic N) is 1. The summed E-state index contributed by atoms with van der Waals surface area (Å²) in [7, 11) is -3.48. The van der Waals surface area contributed by atoms with Crippen molar-refractivity contribution in [3.05, 3.63) is 58.6 Å². The lowest BCUT2D eigenvalue weighted by Crippen LogP contribution is -2.35. The maximum absolute atomic E-state index is 12.6. The molecule has 1 saturated heterocycles. The van der Waals surface area contributed by atoms with Gasteiger partial charge < -0.3 is 10.6 Å². The number of carbonyl (C=O) groups excluding carboxylic acids is 2. The third-order valence-electron chi connectivity index (χ3n) is 4.64. The zero-order valence-corrected chi connectivity index (χ0v) is 18.1. The average Bonchev–Trinajstić information content (AvgIpc) is 2.74. The summed E-state index contributed by atoms with van der Waals surface area (Å²) >= 11 is 3.30. The molecule has 9 heteroatoms. The number of carbonyl (C=O) groups is 2. The lowest BCUT2D eigenvalue weighted by Gasteiger charge is -2.25. The van der Waals surface area contributed by atoms with Crippen LogP contribution in [0.5, 0.6) is 0 Å². The fourth-order valence-electron chi connectivity index (χ4n) is 3.02. The van der Waals surface area contributed by atoms with Gasteiger partial charge in [-0.05, 0) is 54.8 Å². The molecule has 0 atom stereocenters. The lowest BCUT2D eigenvalue weighted by molar-refractivity contribution is -0.136. The number of sulfonamides is 1. The van der Waals surface area contributed by atoms with Crippen LogP contribution in [0.2, 0.25) is 0 Å². The van der Waals surface area contributed by atoms with Crippen LogP contribution < -0.4 is 10.6 Å². The van der Waals surface area contributed by atoms with Crippen LogP contribution >= 0.6 is 15.9 Å². The minimum absolute atomic E-state index is 0.122. The molecule has 2 amide bonds. The Morgan fingerprint density at radius 3 is 2.14 bits per heavy atom. The van der Waals surface area contributed by atoms with Crippen LogP contribution in [0.4, 0.5) is 5.69 Å². The first-order valence-electron chi connectivity index (χ1n) is 9.30. The molecule has 2 N–H and O–H groups in total. The number of nitrogens with one attached hydrogen (secondary N) is 2. The van der Waals surface area contributed by atoms with Gasteiger partial charge in [-0.3, -0.25) is 9.59 Å². The second-order valence-electron chi connectivity index (χ2n) is 6.75. The summed E-state index contributed by atoms with van der Waals surface area (Å²) in [6.45, 7) is 1.22. The van der Waals surface area contributed by atoms with Crippen LogP contribution in [0.1, 0.15) is 24.8 Å². The van der Waals surface area contributed by atoms with Crippen molar-refractivity contribution in [2.24, 2.45) is 0 Å². The van der Waals surface area contributed by atoms with Gasteiger partial charge in [0, 0.05) is 29.8 Å². The Hall–Kier alpha value is -2.23. The van der Waals surface area contributed by atoms with E-state index in [0.717, 1.165) is 23.7 Å². The van der Waals surface area contributed by atoms with E-state index in [0.29, 0.717) is 24.3 Å². The Bertz CT molecular complexity index is 970. The molecular weight excluding hydrogens is 458 g/mol. The second-order valence-corrected chi connectivity index (χ2v) is 9.61. The zero-order valence-electron chi connectivity index (χ0n) is 15.7. The van der Waals surface area contributed by atoms with Crippen molar-refractivity contribution in [1.29, 1.82) is 0 Å². The molecule has 154 valence electrons. The number of anilines is 1. The monoisotopic (exact) mass is 479 g/mol. The van der Waals surface area contributed by atoms with Gasteiger partial charge in [0.05, 0.1) is 4.90 Å². The van der Waals surface area contributed by atoms with Gasteiger partial charge >= 0.3 is 11.8 Å². The number of piperidine rings is 1. The molecule has 2 aromatic carbocycles. The summed E-state index contributed by atoms with van der Waals surface area (Å²) in [6, 6.07) is 13.2. The van der Waals surface area contributed by atoms with Crippen LogP contribution in [-0.4, -0.2) is 37.6 Å². The van der Waals surface area contributed by atoms with Gasteiger partial charge in [0.2, 0.25) is 10.0 Å². The molecule has 1 heterocycles. The Labute approximate surface area is 178 Å². The first kappa shape index (κ1) is 21.5. The van der Waals surface area contributed by atoms with Gasteiger partial charge in [0.1, 0.15) is 0 Å². The molecule has 1 fully saturated rings. The van der Waals surface area contributed by atoms with E-state index < -0.39 is 21.8 Å². The molecule has 1 aliphatic rings. The molecule has 0 aromatic heterocycles. The summed E-state index contributed by atoms with van der Waals surface area (Å²) in [6.07, 6.45) is 2.82. The van der Waals surface area contributed by atoms with Crippen molar-refractivity contribution in [1.82, 2.24) is 9.62 Å². The van der Waals surface area contributed by atoms with E-state index in [1.807, 2.05) is 0 Å². The second kappa shape index (κ2) is 9.51. The zero-order chi connectivity index (χ0) is 20.9. The number of benzene rings is 2. The standard InChI is InChI=1S/C20H22BrN3O4S/c21-16-6-8-17(9-7-16)23-20(26)19(25)22-14-15-4-10-18(11-5-15)29(27,28)24-12-2-1-3-13-24/h4-11H,1-3,12-14H2,(H,22,25)(H,23,26). The Kier molecular flexibility index (Phi) is 7.05. The van der Waals surface area contributed by atoms with Crippen LogP contribution in [0.3, 0.4) is 0 Å². The van der Waals surface area contributed by atoms with Gasteiger partial charge in [0.15, 0.2) is 0 Å². The first-order valence-corrected chi connectivity index (χ1v) is 11.5. The number of rotatable bonds is 5. The Morgan fingerprint density at radius 1 is 0.897 bits per heavy atom. The van der Waals surface area contributed by atoms with Crippen molar-refractivity contribution in [2.45, 2.75) is 30.7 Å². The minimum atomic E-state index is -3.48. The third-order valence-corrected chi connectivity index (χ3v) is 7.08. The van der Waals surface area contributed by atoms with Crippen molar-refractivity contribution < 1.29 is 18.0 Å². The molecule has 0 saturated carbocycles. The van der Waals surface area contributed by atoms with Crippen molar-refractivity contribution in [3.8, 4) is 0 Å². The fourth-order valence-corrected chi connectivity index (χ4v) is 4.80. The number of halogens is 1. The summed E-state index contributed by atoms with van der Waals surface area (Å²) in [4.78, 5) is 24.2. The van der Waals surface area contributed by atoms with E-state index in [-0.39, 0.29) is 11.4 Å². The highest BCUT2D eigenvalue weighted by Crippen LogP contribution is 2.21. The minimum Gasteiger partial charge on any atom is -0.344 e. The van der Waals surface area contributed by atoms with Crippen LogP contribution in [0.15, 0.2) is 57.9 Å². The highest BCUT2D eigenvalue weighted by Gasteiger charge is 2.25. The largest absolute Gasteiger partial charge is 0.344 e. The molecule has 0 aliphatic carbocycles. The van der Waals surface area contributed by atoms with Gasteiger partial charge in [-0.25, -0.2) is 8.42 Å². The summed E-state index contributed by atoms with van der Waals surface area (Å²) in [5, 5.41) is 5.05. The van der Waals surface area contributed by atoms with Gasteiger partial charge in [-0.2, -0.15) is 4.31 Å². The van der Waals surface area contributed by atoms with Crippen molar-refractivity contribution in [2.75, 3.05) is 18.4 Å². The topological polar surface area (TPSA) is 95.6 Å². The number of amides is 2. The van der Waals surface area contributed by atoms with Crippen LogP contribution in [0, 0.1) is 0 Å². The fraction of sp³-hybridized carbons (Fsp3) is 0.300. The molecule has 1 aliphatic heterocycles. The predicted octanol–water partition coefficient (Wildman–Crippen LogP) is 2.88. The van der Waals surface area contributed by atoms with Crippen molar-refractivity contribution >= 4 is 43.5 Å². The molecule has 0 spiro atoms. The van der Waals surface area contributed by atoms with Crippen molar-refractivity contribution in [3.63, 3.8) is 0 Å². The first-order chi connectivity index (χ1) is 13.9. The maximum Gasteiger partial charge on any atom is 0.313 e. The van der Waals surface area contributed by atoms with Gasteiger partial charge in [-0.1, -0.05) is 34.5 Å². The molecule has 29 heavy (non-hydrogen) atoms. The molecule has 0 radical (unpaired) electrons. The smallest absolute Gasteiger partial charge is 0.313 e. The van der Waals surface area contributed by atoms with E-state index in [1.165, 1.54) is 16.4 Å². The SMILES string of the molecule is O=C(NCc1ccc(S(=O)(=O)N2CCCCC2)cc1)C(=O)Nc1ccc(Br)cc1. The van der Waals surface area contributed by atoms with E-state index in [2.05, 4.69) is 26.6 Å². The van der Waals surface area contributed by atoms with E-state index in [4.69, 9.17) is 0 Å². The average molecular weight is 480 g/mol. The van der Waals surface area contributed by atoms with E-state index in [1.54, 1.807) is 36.4 Å². The van der Waals surface area contributed by atoms with E-state index >= 15 is 0 Å². The van der Waals surface area contributed by atoms with Crippen LogP contribution in [0.25, 0.3) is 0 Å². The summed E-state index contributed by atoms with van der Waals surface area (Å²) < 4.78 is 27.7. The summed E-state index contributed by atoms with van der Waals surface area (Å²) in [5.74, 6) is -1.53. The number of hydrogen-bond acceptors (Lipinski definition) is 4. The Morgan fingerprint density at radius 2 is 1.52 bits per heavy atom. The molecule has 7 nitrogen and oxygen atoms in total. The lowest BCUT2D eigenvalue weighted by atomic mass is 10.2. The highest BCUT2D eigenvalue weighted by molar-refractivity contribution is 9.10. The summed E-state index contributed by atoms with van der Waals surface area (Å²) in [5.41, 5.74) is 1.22. The maximum atomic E-state index is 12.6. The molecule has 0 unspecified atom stereocenters. The third kappa shape index (κ3) is 5.65. The Balaban J connectivity index is 1.54. The van der Waals surface area contributed by atoms with Gasteiger partial charge in [0.25, 0.3) is 0 Å². The molecule has 2 aromatic rings.